The molecule has 0 aliphatic heterocycles. The van der Waals surface area contributed by atoms with E-state index in [1.807, 2.05) is 0 Å². The van der Waals surface area contributed by atoms with Crippen molar-refractivity contribution in [2.45, 2.75) is 51.0 Å². The van der Waals surface area contributed by atoms with Crippen LogP contribution in [0.2, 0.25) is 0 Å². The van der Waals surface area contributed by atoms with Crippen LogP contribution in [0.4, 0.5) is 0 Å². The third-order valence-electron chi connectivity index (χ3n) is 5.61. The predicted molar refractivity (Wildman–Crippen MR) is 107 cm³/mol. The van der Waals surface area contributed by atoms with E-state index in [2.05, 4.69) is 61.2 Å². The molecule has 25 heavy (non-hydrogen) atoms. The normalized spacial score (nSPS) is 20.4. The molecule has 0 heterocycles. The van der Waals surface area contributed by atoms with Gasteiger partial charge >= 0.3 is 0 Å². The van der Waals surface area contributed by atoms with Gasteiger partial charge < -0.3 is 4.74 Å². The monoisotopic (exact) mass is 334 g/mol. The minimum atomic E-state index is 0.675. The van der Waals surface area contributed by atoms with E-state index in [4.69, 9.17) is 4.74 Å². The van der Waals surface area contributed by atoms with Crippen LogP contribution in [0.1, 0.15) is 55.6 Å². The van der Waals surface area contributed by atoms with Crippen LogP contribution < -0.4 is 0 Å². The van der Waals surface area contributed by atoms with Crippen molar-refractivity contribution in [2.75, 3.05) is 7.11 Å². The van der Waals surface area contributed by atoms with Gasteiger partial charge in [-0.05, 0) is 72.6 Å². The zero-order valence-corrected chi connectivity index (χ0v) is 15.4. The fourth-order valence-electron chi connectivity index (χ4n) is 4.05. The van der Waals surface area contributed by atoms with Crippen molar-refractivity contribution < 1.29 is 4.74 Å². The van der Waals surface area contributed by atoms with Gasteiger partial charge in [-0.25, -0.2) is 0 Å². The lowest BCUT2D eigenvalue weighted by atomic mass is 9.77. The lowest BCUT2D eigenvalue weighted by molar-refractivity contribution is 0.185. The molecular weight excluding hydrogens is 304 g/mol. The number of allylic oxidation sites excluding steroid dienone is 1. The third kappa shape index (κ3) is 4.83. The third-order valence-corrected chi connectivity index (χ3v) is 5.61. The molecule has 1 aliphatic rings. The number of rotatable bonds is 7. The van der Waals surface area contributed by atoms with Crippen molar-refractivity contribution >= 4 is 0 Å². The van der Waals surface area contributed by atoms with Gasteiger partial charge in [-0.2, -0.15) is 0 Å². The van der Waals surface area contributed by atoms with Crippen LogP contribution in [0.15, 0.2) is 61.2 Å². The summed E-state index contributed by atoms with van der Waals surface area (Å²) in [6.07, 6.45) is 10.00. The highest BCUT2D eigenvalue weighted by Crippen LogP contribution is 2.38. The van der Waals surface area contributed by atoms with Gasteiger partial charge in [-0.3, -0.25) is 0 Å². The van der Waals surface area contributed by atoms with E-state index < -0.39 is 0 Å². The van der Waals surface area contributed by atoms with Crippen LogP contribution >= 0.6 is 0 Å². The highest BCUT2D eigenvalue weighted by atomic mass is 16.5. The molecule has 132 valence electrons. The molecule has 0 saturated heterocycles. The summed E-state index contributed by atoms with van der Waals surface area (Å²) in [5.74, 6) is 1.66. The molecule has 0 N–H and O–H groups in total. The van der Waals surface area contributed by atoms with Crippen LogP contribution in [0.5, 0.6) is 0 Å². The Kier molecular flexibility index (Phi) is 6.47. The van der Waals surface area contributed by atoms with Crippen molar-refractivity contribution in [1.82, 2.24) is 0 Å². The Morgan fingerprint density at radius 2 is 1.52 bits per heavy atom. The molecule has 1 aliphatic carbocycles. The largest absolute Gasteiger partial charge is 0.380 e. The molecule has 1 nitrogen and oxygen atoms in total. The van der Waals surface area contributed by atoms with E-state index in [0.29, 0.717) is 6.61 Å². The summed E-state index contributed by atoms with van der Waals surface area (Å²) in [5, 5.41) is 0. The fourth-order valence-corrected chi connectivity index (χ4v) is 4.05. The van der Waals surface area contributed by atoms with Gasteiger partial charge in [-0.15, -0.1) is 6.58 Å². The SMILES string of the molecule is C=CCC[C@H]1CC[C@H](c2ccc(-c3ccc(COC)cc3)cc2)CC1. The predicted octanol–water partition coefficient (Wildman–Crippen LogP) is 6.74. The molecule has 1 heteroatoms. The van der Waals surface area contributed by atoms with Gasteiger partial charge in [0.25, 0.3) is 0 Å². The summed E-state index contributed by atoms with van der Waals surface area (Å²) in [5.41, 5.74) is 5.31. The Morgan fingerprint density at radius 1 is 0.920 bits per heavy atom. The molecule has 1 fully saturated rings. The van der Waals surface area contributed by atoms with E-state index in [1.165, 1.54) is 60.8 Å². The summed E-state index contributed by atoms with van der Waals surface area (Å²) in [7, 11) is 1.74. The maximum Gasteiger partial charge on any atom is 0.0713 e. The number of hydrogen-bond acceptors (Lipinski definition) is 1. The van der Waals surface area contributed by atoms with E-state index in [9.17, 15) is 0 Å². The second kappa shape index (κ2) is 9.01. The van der Waals surface area contributed by atoms with Crippen molar-refractivity contribution in [3.8, 4) is 11.1 Å². The molecule has 3 rings (SSSR count). The van der Waals surface area contributed by atoms with Gasteiger partial charge in [0.1, 0.15) is 0 Å². The fraction of sp³-hybridized carbons (Fsp3) is 0.417. The van der Waals surface area contributed by atoms with E-state index in [-0.39, 0.29) is 0 Å². The van der Waals surface area contributed by atoms with Crippen molar-refractivity contribution in [2.24, 2.45) is 5.92 Å². The van der Waals surface area contributed by atoms with Gasteiger partial charge in [0.15, 0.2) is 0 Å². The van der Waals surface area contributed by atoms with E-state index in [0.717, 1.165) is 11.8 Å². The maximum absolute atomic E-state index is 5.18. The average molecular weight is 335 g/mol. The lowest BCUT2D eigenvalue weighted by Gasteiger charge is -2.28. The van der Waals surface area contributed by atoms with Crippen LogP contribution in [-0.4, -0.2) is 7.11 Å². The molecule has 0 atom stereocenters. The molecule has 0 radical (unpaired) electrons. The molecule has 2 aromatic carbocycles. The highest BCUT2D eigenvalue weighted by Gasteiger charge is 2.21. The lowest BCUT2D eigenvalue weighted by Crippen LogP contribution is -2.13. The first-order valence-corrected chi connectivity index (χ1v) is 9.59. The second-order valence-electron chi connectivity index (χ2n) is 7.34. The first-order chi connectivity index (χ1) is 12.3. The van der Waals surface area contributed by atoms with Crippen LogP contribution in [-0.2, 0) is 11.3 Å². The Balaban J connectivity index is 1.60. The first kappa shape index (κ1) is 17.9. The summed E-state index contributed by atoms with van der Waals surface area (Å²) in [4.78, 5) is 0. The molecular formula is C24H30O. The van der Waals surface area contributed by atoms with Gasteiger partial charge in [-0.1, -0.05) is 54.6 Å². The number of methoxy groups -OCH3 is 1. The summed E-state index contributed by atoms with van der Waals surface area (Å²) in [6, 6.07) is 17.9. The molecule has 1 saturated carbocycles. The topological polar surface area (TPSA) is 9.23 Å². The zero-order valence-electron chi connectivity index (χ0n) is 15.4. The quantitative estimate of drug-likeness (QED) is 0.509. The molecule has 0 bridgehead atoms. The minimum absolute atomic E-state index is 0.675. The highest BCUT2D eigenvalue weighted by molar-refractivity contribution is 5.64. The van der Waals surface area contributed by atoms with Gasteiger partial charge in [0.2, 0.25) is 0 Å². The summed E-state index contributed by atoms with van der Waals surface area (Å²) in [6.45, 7) is 4.52. The van der Waals surface area contributed by atoms with Crippen LogP contribution in [0.25, 0.3) is 11.1 Å². The smallest absolute Gasteiger partial charge is 0.0713 e. The zero-order chi connectivity index (χ0) is 17.5. The number of hydrogen-bond donors (Lipinski definition) is 0. The Bertz CT molecular complexity index is 645. The molecule has 0 unspecified atom stereocenters. The Hall–Kier alpha value is -1.86. The molecule has 2 aromatic rings. The van der Waals surface area contributed by atoms with Gasteiger partial charge in [0, 0.05) is 7.11 Å². The van der Waals surface area contributed by atoms with Crippen molar-refractivity contribution in [1.29, 1.82) is 0 Å². The summed E-state index contributed by atoms with van der Waals surface area (Å²) >= 11 is 0. The maximum atomic E-state index is 5.18. The van der Waals surface area contributed by atoms with Crippen molar-refractivity contribution in [3.05, 3.63) is 72.3 Å². The van der Waals surface area contributed by atoms with E-state index >= 15 is 0 Å². The first-order valence-electron chi connectivity index (χ1n) is 9.59. The molecule has 0 amide bonds. The summed E-state index contributed by atoms with van der Waals surface area (Å²) < 4.78 is 5.18. The average Bonchev–Trinajstić information content (AvgIpc) is 2.68. The Morgan fingerprint density at radius 3 is 2.08 bits per heavy atom. The van der Waals surface area contributed by atoms with Crippen molar-refractivity contribution in [3.63, 3.8) is 0 Å². The Labute approximate surface area is 152 Å². The molecule has 0 spiro atoms. The van der Waals surface area contributed by atoms with Crippen LogP contribution in [0.3, 0.4) is 0 Å². The standard InChI is InChI=1S/C24H30O/c1-3-4-5-19-6-10-21(11-7-19)23-14-16-24(17-15-23)22-12-8-20(9-13-22)18-25-2/h3,8-9,12-17,19,21H,1,4-7,10-11,18H2,2H3/t19-,21-. The number of benzene rings is 2. The van der Waals surface area contributed by atoms with E-state index in [1.54, 1.807) is 7.11 Å². The van der Waals surface area contributed by atoms with Crippen LogP contribution in [0, 0.1) is 5.92 Å². The van der Waals surface area contributed by atoms with Gasteiger partial charge in [0.05, 0.1) is 6.61 Å². The molecule has 0 aromatic heterocycles. The number of ether oxygens (including phenoxy) is 1. The second-order valence-corrected chi connectivity index (χ2v) is 7.34. The minimum Gasteiger partial charge on any atom is -0.380 e.